The van der Waals surface area contributed by atoms with Crippen LogP contribution in [0, 0.1) is 18.7 Å². The molecule has 1 saturated heterocycles. The van der Waals surface area contributed by atoms with Crippen LogP contribution in [-0.2, 0) is 106 Å². The normalized spacial score (nSPS) is 21.6. The predicted octanol–water partition coefficient (Wildman–Crippen LogP) is 3.48. The third-order valence-corrected chi connectivity index (χ3v) is 16.8. The van der Waals surface area contributed by atoms with E-state index >= 15 is 4.39 Å². The number of aliphatic hydroxyl groups is 1. The number of nitrogens with one attached hydrogen (secondary N) is 4. The Hall–Kier alpha value is -9.18. The predicted molar refractivity (Wildman–Crippen MR) is 309 cm³/mol. The molecule has 90 heavy (non-hydrogen) atoms. The highest BCUT2D eigenvalue weighted by Gasteiger charge is 2.56. The van der Waals surface area contributed by atoms with Gasteiger partial charge >= 0.3 is 35.9 Å². The first-order chi connectivity index (χ1) is 42.9. The number of carbonyl (C=O) groups excluding carboxylic acids is 9. The fourth-order valence-electron chi connectivity index (χ4n) is 12.5. The summed E-state index contributed by atoms with van der Waals surface area (Å²) in [4.78, 5) is 139. The number of ether oxygens (including phenoxy) is 9. The minimum Gasteiger partial charge on any atom is -0.467 e. The number of aryl methyl sites for hydroxylation is 1. The molecule has 0 radical (unpaired) electrons. The topological polar surface area (TPSA) is 340 Å². The summed E-state index contributed by atoms with van der Waals surface area (Å²) in [7, 11) is 0.989. The molecule has 0 spiro atoms. The molecule has 26 nitrogen and oxygen atoms in total. The fraction of sp³-hybridized carbons (Fsp3) is 0.444. The van der Waals surface area contributed by atoms with Crippen LogP contribution in [0.5, 0.6) is 0 Å². The van der Waals surface area contributed by atoms with Gasteiger partial charge in [-0.3, -0.25) is 33.6 Å². The maximum absolute atomic E-state index is 15.6. The summed E-state index contributed by atoms with van der Waals surface area (Å²) in [6, 6.07) is 14.3. The van der Waals surface area contributed by atoms with E-state index in [9.17, 15) is 53.1 Å². The first-order valence-electron chi connectivity index (χ1n) is 29.2. The maximum atomic E-state index is 15.6. The van der Waals surface area contributed by atoms with Crippen molar-refractivity contribution in [1.82, 2.24) is 30.8 Å². The Morgan fingerprint density at radius 3 is 2.16 bits per heavy atom. The number of aromatic nitrogens is 2. The number of amides is 4. The number of carbonyl (C=O) groups is 9. The highest BCUT2D eigenvalue weighted by atomic mass is 19.1. The van der Waals surface area contributed by atoms with Gasteiger partial charge in [0.15, 0.2) is 36.3 Å². The lowest BCUT2D eigenvalue weighted by Gasteiger charge is -2.43. The van der Waals surface area contributed by atoms with Crippen LogP contribution >= 0.6 is 0 Å². The summed E-state index contributed by atoms with van der Waals surface area (Å²) in [5.41, 5.74) is 4.39. The highest BCUT2D eigenvalue weighted by Crippen LogP contribution is 2.47. The van der Waals surface area contributed by atoms with Crippen molar-refractivity contribution in [3.05, 3.63) is 121 Å². The van der Waals surface area contributed by atoms with Gasteiger partial charge in [0.25, 0.3) is 5.56 Å². The molecule has 2 aliphatic carbocycles. The number of hydrogen-bond donors (Lipinski definition) is 5. The van der Waals surface area contributed by atoms with E-state index in [0.29, 0.717) is 34.1 Å². The zero-order valence-electron chi connectivity index (χ0n) is 50.4. The second-order valence-electron chi connectivity index (χ2n) is 22.8. The third kappa shape index (κ3) is 12.3. The molecule has 0 bridgehead atoms. The van der Waals surface area contributed by atoms with Crippen LogP contribution in [-0.4, -0.2) is 145 Å². The van der Waals surface area contributed by atoms with Crippen LogP contribution in [0.3, 0.4) is 0 Å². The lowest BCUT2D eigenvalue weighted by atomic mass is 9.81. The molecule has 5 aromatic rings. The number of methoxy groups -OCH3 is 1. The molecule has 3 aliphatic heterocycles. The number of nitrogens with zero attached hydrogens (tertiary/aromatic N) is 2. The molecule has 3 aromatic carbocycles. The van der Waals surface area contributed by atoms with Crippen LogP contribution in [0.4, 0.5) is 9.18 Å². The summed E-state index contributed by atoms with van der Waals surface area (Å²) in [6.07, 6.45) is -9.58. The Labute approximate surface area is 513 Å². The van der Waals surface area contributed by atoms with Gasteiger partial charge in [0.2, 0.25) is 17.7 Å². The number of benzene rings is 3. The Morgan fingerprint density at radius 2 is 1.51 bits per heavy atom. The van der Waals surface area contributed by atoms with E-state index in [4.69, 9.17) is 47.6 Å². The molecule has 5 aliphatic rings. The van der Waals surface area contributed by atoms with Gasteiger partial charge in [-0.15, -0.1) is 0 Å². The largest absolute Gasteiger partial charge is 0.467 e. The number of hydrogen-bond acceptors (Lipinski definition) is 21. The van der Waals surface area contributed by atoms with Gasteiger partial charge in [-0.1, -0.05) is 69.3 Å². The van der Waals surface area contributed by atoms with E-state index in [-0.39, 0.29) is 66.5 Å². The van der Waals surface area contributed by atoms with Gasteiger partial charge in [-0.25, -0.2) is 23.8 Å². The molecular weight excluding hydrogens is 1180 g/mol. The van der Waals surface area contributed by atoms with Gasteiger partial charge in [0.1, 0.15) is 44.5 Å². The molecule has 0 saturated carbocycles. The minimum atomic E-state index is -2.11. The molecule has 0 unspecified atom stereocenters. The van der Waals surface area contributed by atoms with Gasteiger partial charge in [-0.05, 0) is 77.1 Å². The smallest absolute Gasteiger partial charge is 0.407 e. The van der Waals surface area contributed by atoms with Gasteiger partial charge in [0.05, 0.1) is 48.8 Å². The maximum Gasteiger partial charge on any atom is 0.407 e. The van der Waals surface area contributed by atoms with Crippen molar-refractivity contribution < 1.29 is 95.3 Å². The molecule has 5 N–H and O–H groups in total. The van der Waals surface area contributed by atoms with Crippen LogP contribution < -0.4 is 26.8 Å². The number of pyridine rings is 2. The van der Waals surface area contributed by atoms with Crippen molar-refractivity contribution in [3.8, 4) is 22.5 Å². The number of halogens is 1. The SMILES string of the molecule is CC[C@@]1(O)C(=O)OCc2c1cc1n(c2=O)Cc2c-1nc1cc(F)c(C)c3c1c2[C@@H](NC(=O)COCNC(=O)[C@H](CO[C@@H]1O[C@H](C(=O)OC)[C@@H](OC(C)=O)[C@H](OC(C)=O)[C@H]1OC(C)=O)NC(=O)[C@@H](NC(=O)OCC1c2ccccc2-c2ccccc21)C(C)C)CC3. The molecule has 5 heterocycles. The highest BCUT2D eigenvalue weighted by molar-refractivity contribution is 5.95. The van der Waals surface area contributed by atoms with Crippen molar-refractivity contribution in [2.75, 3.05) is 33.7 Å². The Bertz CT molecular complexity index is 3790. The van der Waals surface area contributed by atoms with Gasteiger partial charge < -0.3 is 73.6 Å². The molecule has 9 atom stereocenters. The monoisotopic (exact) mass is 1250 g/mol. The van der Waals surface area contributed by atoms with Crippen LogP contribution in [0.1, 0.15) is 111 Å². The van der Waals surface area contributed by atoms with Gasteiger partial charge in [0, 0.05) is 49.3 Å². The number of alkyl carbamates (subject to hydrolysis) is 1. The summed E-state index contributed by atoms with van der Waals surface area (Å²) >= 11 is 0. The molecule has 2 aromatic heterocycles. The zero-order valence-corrected chi connectivity index (χ0v) is 50.4. The minimum absolute atomic E-state index is 0.0200. The average Bonchev–Trinajstić information content (AvgIpc) is 1.45. The van der Waals surface area contributed by atoms with Crippen molar-refractivity contribution in [2.45, 2.75) is 141 Å². The standard InChI is InChI=1S/C63H67FN6O20/c1-9-63(81)41-20-46-51-38(22-70(46)58(77)40(41)24-85-61(63)79)49-43(19-18-33-29(4)42(64)21-44(67-51)48(33)49)66-47(74)26-83-27-65-56(75)45(25-84-60-55(89-32(7)73)53(88-31(6)72)52(87-30(5)71)54(90-60)59(78)82-8)68-57(76)50(28(2)3)69-62(80)86-23-39-36-16-12-10-14-34(36)35-15-11-13-17-37(35)39/h10-17,20-21,28,39,43,45,50,52-55,60,81H,9,18-19,22-27H2,1-8H3,(H,65,75)(H,66,74)(H,68,76)(H,69,80)/t43-,45-,50-,52-,53-,54-,55+,60+,63-/m0/s1. The number of fused-ring (bicyclic) bond motifs is 8. The summed E-state index contributed by atoms with van der Waals surface area (Å²) < 4.78 is 66.8. The zero-order chi connectivity index (χ0) is 64.6. The second-order valence-corrected chi connectivity index (χ2v) is 22.8. The second kappa shape index (κ2) is 26.1. The Balaban J connectivity index is 0.868. The average molecular weight is 1250 g/mol. The van der Waals surface area contributed by atoms with Gasteiger partial charge in [-0.2, -0.15) is 0 Å². The summed E-state index contributed by atoms with van der Waals surface area (Å²) in [6.45, 7) is 6.74. The molecular formula is C63H67FN6O20. The number of cyclic esters (lactones) is 1. The fourth-order valence-corrected chi connectivity index (χ4v) is 12.5. The quantitative estimate of drug-likeness (QED) is 0.0316. The Morgan fingerprint density at radius 1 is 0.856 bits per heavy atom. The Kier molecular flexibility index (Phi) is 18.5. The van der Waals surface area contributed by atoms with E-state index in [1.54, 1.807) is 27.7 Å². The third-order valence-electron chi connectivity index (χ3n) is 16.8. The van der Waals surface area contributed by atoms with Crippen molar-refractivity contribution in [1.29, 1.82) is 0 Å². The van der Waals surface area contributed by atoms with Crippen molar-refractivity contribution in [2.24, 2.45) is 5.92 Å². The number of esters is 5. The van der Waals surface area contributed by atoms with E-state index < -0.39 is 145 Å². The summed E-state index contributed by atoms with van der Waals surface area (Å²) in [5, 5.41) is 22.7. The van der Waals surface area contributed by atoms with E-state index in [0.717, 1.165) is 50.1 Å². The lowest BCUT2D eigenvalue weighted by Crippen LogP contribution is -2.64. The molecule has 10 rings (SSSR count). The van der Waals surface area contributed by atoms with E-state index in [1.165, 1.54) is 16.7 Å². The number of rotatable bonds is 20. The first kappa shape index (κ1) is 63.8. The van der Waals surface area contributed by atoms with Crippen LogP contribution in [0.2, 0.25) is 0 Å². The van der Waals surface area contributed by atoms with E-state index in [2.05, 4.69) is 21.3 Å². The molecule has 27 heteroatoms. The van der Waals surface area contributed by atoms with Crippen molar-refractivity contribution in [3.63, 3.8) is 0 Å². The molecule has 1 fully saturated rings. The molecule has 476 valence electrons. The first-order valence-corrected chi connectivity index (χ1v) is 29.2. The van der Waals surface area contributed by atoms with E-state index in [1.807, 2.05) is 48.5 Å². The van der Waals surface area contributed by atoms with Crippen molar-refractivity contribution >= 4 is 64.6 Å². The summed E-state index contributed by atoms with van der Waals surface area (Å²) in [5.74, 6) is -9.05. The van der Waals surface area contributed by atoms with Crippen LogP contribution in [0.15, 0.2) is 65.5 Å². The van der Waals surface area contributed by atoms with Crippen LogP contribution in [0.25, 0.3) is 33.4 Å². The molecule has 4 amide bonds. The lowest BCUT2D eigenvalue weighted by molar-refractivity contribution is -0.302.